The first-order valence-corrected chi connectivity index (χ1v) is 6.43. The van der Waals surface area contributed by atoms with E-state index in [4.69, 9.17) is 9.26 Å². The zero-order valence-electron chi connectivity index (χ0n) is 11.6. The van der Waals surface area contributed by atoms with E-state index in [0.29, 0.717) is 18.3 Å². The molecule has 1 aromatic carbocycles. The molecular weight excluding hydrogens is 242 g/mol. The molecule has 0 atom stereocenters. The topological polar surface area (TPSA) is 60.2 Å². The minimum atomic E-state index is 0.607. The Morgan fingerprint density at radius 3 is 2.89 bits per heavy atom. The van der Waals surface area contributed by atoms with Gasteiger partial charge in [-0.3, -0.25) is 0 Å². The summed E-state index contributed by atoms with van der Waals surface area (Å²) in [5.41, 5.74) is 1.99. The minimum absolute atomic E-state index is 0.607. The van der Waals surface area contributed by atoms with Gasteiger partial charge < -0.3 is 14.6 Å². The standard InChI is InChI=1S/C14H19N3O2/c1-4-7-15-9-13-16-14(17-19-13)11-5-6-12(18-3)10(2)8-11/h5-6,8,15H,4,7,9H2,1-3H3. The quantitative estimate of drug-likeness (QED) is 0.810. The van der Waals surface area contributed by atoms with Crippen molar-refractivity contribution >= 4 is 0 Å². The van der Waals surface area contributed by atoms with Crippen molar-refractivity contribution in [1.82, 2.24) is 15.5 Å². The first kappa shape index (κ1) is 13.5. The van der Waals surface area contributed by atoms with Gasteiger partial charge in [0.05, 0.1) is 13.7 Å². The van der Waals surface area contributed by atoms with E-state index in [2.05, 4.69) is 22.4 Å². The summed E-state index contributed by atoms with van der Waals surface area (Å²) in [5, 5.41) is 7.22. The zero-order valence-corrected chi connectivity index (χ0v) is 11.6. The van der Waals surface area contributed by atoms with Crippen LogP contribution in [0.4, 0.5) is 0 Å². The molecule has 1 N–H and O–H groups in total. The fraction of sp³-hybridized carbons (Fsp3) is 0.429. The van der Waals surface area contributed by atoms with Crippen LogP contribution >= 0.6 is 0 Å². The molecule has 2 aromatic rings. The van der Waals surface area contributed by atoms with E-state index < -0.39 is 0 Å². The minimum Gasteiger partial charge on any atom is -0.496 e. The smallest absolute Gasteiger partial charge is 0.240 e. The molecule has 0 unspecified atom stereocenters. The van der Waals surface area contributed by atoms with Crippen molar-refractivity contribution in [3.63, 3.8) is 0 Å². The van der Waals surface area contributed by atoms with E-state index in [-0.39, 0.29) is 0 Å². The van der Waals surface area contributed by atoms with Crippen LogP contribution in [0.2, 0.25) is 0 Å². The largest absolute Gasteiger partial charge is 0.496 e. The van der Waals surface area contributed by atoms with Crippen LogP contribution in [0.3, 0.4) is 0 Å². The van der Waals surface area contributed by atoms with Crippen LogP contribution in [-0.2, 0) is 6.54 Å². The van der Waals surface area contributed by atoms with Gasteiger partial charge in [0.1, 0.15) is 5.75 Å². The molecule has 1 aromatic heterocycles. The van der Waals surface area contributed by atoms with E-state index >= 15 is 0 Å². The molecule has 0 fully saturated rings. The van der Waals surface area contributed by atoms with Gasteiger partial charge in [0, 0.05) is 5.56 Å². The Morgan fingerprint density at radius 1 is 1.37 bits per heavy atom. The fourth-order valence-corrected chi connectivity index (χ4v) is 1.83. The van der Waals surface area contributed by atoms with Crippen molar-refractivity contribution in [3.8, 4) is 17.1 Å². The van der Waals surface area contributed by atoms with Crippen molar-refractivity contribution in [2.24, 2.45) is 0 Å². The molecule has 5 nitrogen and oxygen atoms in total. The van der Waals surface area contributed by atoms with Gasteiger partial charge in [-0.15, -0.1) is 0 Å². The molecular formula is C14H19N3O2. The molecule has 0 radical (unpaired) electrons. The van der Waals surface area contributed by atoms with Crippen molar-refractivity contribution < 1.29 is 9.26 Å². The lowest BCUT2D eigenvalue weighted by atomic mass is 10.1. The molecule has 2 rings (SSSR count). The first-order chi connectivity index (χ1) is 9.24. The van der Waals surface area contributed by atoms with E-state index in [0.717, 1.165) is 29.8 Å². The third-order valence-corrected chi connectivity index (χ3v) is 2.82. The zero-order chi connectivity index (χ0) is 13.7. The number of hydrogen-bond acceptors (Lipinski definition) is 5. The van der Waals surface area contributed by atoms with Crippen molar-refractivity contribution in [1.29, 1.82) is 0 Å². The summed E-state index contributed by atoms with van der Waals surface area (Å²) in [6, 6.07) is 5.84. The maximum atomic E-state index is 5.23. The van der Waals surface area contributed by atoms with Crippen LogP contribution in [0.5, 0.6) is 5.75 Å². The first-order valence-electron chi connectivity index (χ1n) is 6.43. The molecule has 0 spiro atoms. The SMILES string of the molecule is CCCNCc1nc(-c2ccc(OC)c(C)c2)no1. The highest BCUT2D eigenvalue weighted by Crippen LogP contribution is 2.24. The Morgan fingerprint density at radius 2 is 2.21 bits per heavy atom. The summed E-state index contributed by atoms with van der Waals surface area (Å²) in [7, 11) is 1.66. The van der Waals surface area contributed by atoms with Gasteiger partial charge in [-0.1, -0.05) is 12.1 Å². The number of hydrogen-bond donors (Lipinski definition) is 1. The summed E-state index contributed by atoms with van der Waals surface area (Å²) in [6.45, 7) is 5.66. The monoisotopic (exact) mass is 261 g/mol. The molecule has 0 aliphatic carbocycles. The molecule has 5 heteroatoms. The number of nitrogens with zero attached hydrogens (tertiary/aromatic N) is 2. The van der Waals surface area contributed by atoms with Gasteiger partial charge in [-0.05, 0) is 43.7 Å². The Labute approximate surface area is 113 Å². The Balaban J connectivity index is 2.11. The lowest BCUT2D eigenvalue weighted by Gasteiger charge is -2.04. The predicted octanol–water partition coefficient (Wildman–Crippen LogP) is 2.55. The Hall–Kier alpha value is -1.88. The normalized spacial score (nSPS) is 10.7. The van der Waals surface area contributed by atoms with Crippen LogP contribution < -0.4 is 10.1 Å². The Kier molecular flexibility index (Phi) is 4.52. The molecule has 0 bridgehead atoms. The number of nitrogens with one attached hydrogen (secondary N) is 1. The number of aryl methyl sites for hydroxylation is 1. The van der Waals surface area contributed by atoms with Crippen molar-refractivity contribution in [2.75, 3.05) is 13.7 Å². The van der Waals surface area contributed by atoms with Crippen LogP contribution in [-0.4, -0.2) is 23.8 Å². The molecule has 0 saturated carbocycles. The number of rotatable bonds is 6. The molecule has 0 aliphatic rings. The van der Waals surface area contributed by atoms with E-state index in [1.807, 2.05) is 25.1 Å². The van der Waals surface area contributed by atoms with E-state index in [9.17, 15) is 0 Å². The highest BCUT2D eigenvalue weighted by Gasteiger charge is 2.09. The molecule has 0 amide bonds. The lowest BCUT2D eigenvalue weighted by molar-refractivity contribution is 0.368. The van der Waals surface area contributed by atoms with Crippen LogP contribution in [0.1, 0.15) is 24.8 Å². The van der Waals surface area contributed by atoms with Crippen molar-refractivity contribution in [3.05, 3.63) is 29.7 Å². The molecule has 19 heavy (non-hydrogen) atoms. The van der Waals surface area contributed by atoms with Gasteiger partial charge >= 0.3 is 0 Å². The van der Waals surface area contributed by atoms with Crippen LogP contribution in [0.15, 0.2) is 22.7 Å². The van der Waals surface area contributed by atoms with Gasteiger partial charge in [-0.2, -0.15) is 4.98 Å². The highest BCUT2D eigenvalue weighted by atomic mass is 16.5. The van der Waals surface area contributed by atoms with Gasteiger partial charge in [0.2, 0.25) is 11.7 Å². The maximum absolute atomic E-state index is 5.23. The fourth-order valence-electron chi connectivity index (χ4n) is 1.83. The molecule has 0 aliphatic heterocycles. The Bertz CT molecular complexity index is 537. The number of benzene rings is 1. The predicted molar refractivity (Wildman–Crippen MR) is 73.0 cm³/mol. The summed E-state index contributed by atoms with van der Waals surface area (Å²) in [5.74, 6) is 2.08. The maximum Gasteiger partial charge on any atom is 0.240 e. The van der Waals surface area contributed by atoms with Gasteiger partial charge in [0.25, 0.3) is 0 Å². The van der Waals surface area contributed by atoms with Crippen LogP contribution in [0.25, 0.3) is 11.4 Å². The van der Waals surface area contributed by atoms with E-state index in [1.165, 1.54) is 0 Å². The molecule has 102 valence electrons. The summed E-state index contributed by atoms with van der Waals surface area (Å²) >= 11 is 0. The number of ether oxygens (including phenoxy) is 1. The number of aromatic nitrogens is 2. The molecule has 0 saturated heterocycles. The summed E-state index contributed by atoms with van der Waals surface area (Å²) < 4.78 is 10.4. The average molecular weight is 261 g/mol. The second-order valence-corrected chi connectivity index (χ2v) is 4.37. The number of methoxy groups -OCH3 is 1. The average Bonchev–Trinajstić information content (AvgIpc) is 2.88. The van der Waals surface area contributed by atoms with Gasteiger partial charge in [-0.25, -0.2) is 0 Å². The second kappa shape index (κ2) is 6.33. The summed E-state index contributed by atoms with van der Waals surface area (Å²) in [6.07, 6.45) is 1.08. The second-order valence-electron chi connectivity index (χ2n) is 4.37. The highest BCUT2D eigenvalue weighted by molar-refractivity contribution is 5.58. The molecule has 1 heterocycles. The van der Waals surface area contributed by atoms with Crippen molar-refractivity contribution in [2.45, 2.75) is 26.8 Å². The van der Waals surface area contributed by atoms with E-state index in [1.54, 1.807) is 7.11 Å². The third-order valence-electron chi connectivity index (χ3n) is 2.82. The third kappa shape index (κ3) is 3.32. The van der Waals surface area contributed by atoms with Gasteiger partial charge in [0.15, 0.2) is 0 Å². The summed E-state index contributed by atoms with van der Waals surface area (Å²) in [4.78, 5) is 4.37. The lowest BCUT2D eigenvalue weighted by Crippen LogP contribution is -2.13. The van der Waals surface area contributed by atoms with Crippen LogP contribution in [0, 0.1) is 6.92 Å².